The van der Waals surface area contributed by atoms with Crippen LogP contribution < -0.4 is 10.2 Å². The van der Waals surface area contributed by atoms with Gasteiger partial charge in [0.25, 0.3) is 5.91 Å². The zero-order chi connectivity index (χ0) is 12.8. The Labute approximate surface area is 106 Å². The highest BCUT2D eigenvalue weighted by atomic mass is 16.8. The number of hydroxylamine groups is 1. The normalized spacial score (nSPS) is 19.3. The third-order valence-electron chi connectivity index (χ3n) is 2.75. The van der Waals surface area contributed by atoms with E-state index in [0.29, 0.717) is 17.9 Å². The molecule has 1 saturated heterocycles. The highest BCUT2D eigenvalue weighted by molar-refractivity contribution is 5.93. The maximum Gasteiger partial charge on any atom is 0.275 e. The second-order valence-electron chi connectivity index (χ2n) is 4.08. The van der Waals surface area contributed by atoms with Crippen molar-refractivity contribution >= 4 is 5.91 Å². The molecule has 0 aliphatic carbocycles. The van der Waals surface area contributed by atoms with Crippen LogP contribution in [0.25, 0.3) is 0 Å². The molecule has 1 aromatic rings. The van der Waals surface area contributed by atoms with Crippen LogP contribution in [0.5, 0.6) is 5.75 Å². The second-order valence-corrected chi connectivity index (χ2v) is 4.08. The van der Waals surface area contributed by atoms with Gasteiger partial charge in [-0.2, -0.15) is 0 Å². The Balaban J connectivity index is 1.86. The monoisotopic (exact) mass is 251 g/mol. The summed E-state index contributed by atoms with van der Waals surface area (Å²) in [7, 11) is 1.56. The summed E-state index contributed by atoms with van der Waals surface area (Å²) in [4.78, 5) is 17.0. The van der Waals surface area contributed by atoms with E-state index < -0.39 is 0 Å². The average Bonchev–Trinajstić information content (AvgIpc) is 2.46. The zero-order valence-electron chi connectivity index (χ0n) is 10.3. The van der Waals surface area contributed by atoms with Gasteiger partial charge in [-0.1, -0.05) is 6.07 Å². The summed E-state index contributed by atoms with van der Waals surface area (Å²) in [5.41, 5.74) is 2.89. The van der Waals surface area contributed by atoms with Gasteiger partial charge in [-0.3, -0.25) is 4.79 Å². The number of hydrogen-bond acceptors (Lipinski definition) is 4. The van der Waals surface area contributed by atoms with Crippen LogP contribution in [0.15, 0.2) is 24.3 Å². The van der Waals surface area contributed by atoms with E-state index in [2.05, 4.69) is 5.48 Å². The van der Waals surface area contributed by atoms with Gasteiger partial charge in [0, 0.05) is 18.6 Å². The average molecular weight is 251 g/mol. The molecule has 2 rings (SSSR count). The first-order valence-corrected chi connectivity index (χ1v) is 6.01. The summed E-state index contributed by atoms with van der Waals surface area (Å²) in [6.07, 6.45) is 2.57. The van der Waals surface area contributed by atoms with Crippen LogP contribution in [0, 0.1) is 0 Å². The predicted octanol–water partition coefficient (Wildman–Crippen LogP) is 1.88. The van der Waals surface area contributed by atoms with Gasteiger partial charge in [-0.15, -0.1) is 0 Å². The molecule has 0 spiro atoms. The van der Waals surface area contributed by atoms with E-state index in [0.717, 1.165) is 19.3 Å². The van der Waals surface area contributed by atoms with Crippen LogP contribution in [0.3, 0.4) is 0 Å². The number of carbonyl (C=O) groups excluding carboxylic acids is 1. The maximum absolute atomic E-state index is 11.8. The van der Waals surface area contributed by atoms with Crippen molar-refractivity contribution in [1.82, 2.24) is 5.48 Å². The van der Waals surface area contributed by atoms with Crippen LogP contribution in [0.4, 0.5) is 0 Å². The Morgan fingerprint density at radius 3 is 3.06 bits per heavy atom. The third kappa shape index (κ3) is 3.45. The van der Waals surface area contributed by atoms with Gasteiger partial charge in [0.1, 0.15) is 5.75 Å². The quantitative estimate of drug-likeness (QED) is 0.830. The van der Waals surface area contributed by atoms with Gasteiger partial charge in [0.05, 0.1) is 7.11 Å². The number of hydrogen-bond donors (Lipinski definition) is 1. The van der Waals surface area contributed by atoms with Crippen molar-refractivity contribution in [1.29, 1.82) is 0 Å². The Kier molecular flexibility index (Phi) is 4.55. The van der Waals surface area contributed by atoms with E-state index in [-0.39, 0.29) is 12.2 Å². The van der Waals surface area contributed by atoms with Crippen LogP contribution in [0.2, 0.25) is 0 Å². The molecular weight excluding hydrogens is 234 g/mol. The van der Waals surface area contributed by atoms with Crippen molar-refractivity contribution in [3.8, 4) is 5.75 Å². The lowest BCUT2D eigenvalue weighted by atomic mass is 10.2. The molecule has 0 unspecified atom stereocenters. The van der Waals surface area contributed by atoms with Gasteiger partial charge in [-0.05, 0) is 31.0 Å². The third-order valence-corrected chi connectivity index (χ3v) is 2.75. The SMILES string of the molecule is COc1cccc(C(=O)NO[C@H]2CCCCO2)c1. The van der Waals surface area contributed by atoms with Gasteiger partial charge < -0.3 is 9.47 Å². The highest BCUT2D eigenvalue weighted by Crippen LogP contribution is 2.14. The van der Waals surface area contributed by atoms with E-state index in [1.165, 1.54) is 0 Å². The van der Waals surface area contributed by atoms with E-state index in [9.17, 15) is 4.79 Å². The molecule has 5 heteroatoms. The van der Waals surface area contributed by atoms with Crippen molar-refractivity contribution in [2.24, 2.45) is 0 Å². The van der Waals surface area contributed by atoms with Gasteiger partial charge in [0.2, 0.25) is 0 Å². The number of carbonyl (C=O) groups is 1. The standard InChI is InChI=1S/C13H17NO4/c1-16-11-6-4-5-10(9-11)13(15)14-18-12-7-2-3-8-17-12/h4-6,9,12H,2-3,7-8H2,1H3,(H,14,15)/t12-/m0/s1. The molecule has 1 aliphatic heterocycles. The molecular formula is C13H17NO4. The molecule has 1 aliphatic rings. The number of ether oxygens (including phenoxy) is 2. The Hall–Kier alpha value is -1.59. The summed E-state index contributed by atoms with van der Waals surface area (Å²) in [5, 5.41) is 0. The van der Waals surface area contributed by atoms with Crippen molar-refractivity contribution < 1.29 is 19.1 Å². The molecule has 0 bridgehead atoms. The number of amides is 1. The fourth-order valence-electron chi connectivity index (χ4n) is 1.75. The van der Waals surface area contributed by atoms with Crippen LogP contribution in [0.1, 0.15) is 29.6 Å². The summed E-state index contributed by atoms with van der Waals surface area (Å²) >= 11 is 0. The minimum atomic E-state index is -0.340. The molecule has 1 atom stereocenters. The summed E-state index contributed by atoms with van der Waals surface area (Å²) in [6, 6.07) is 6.89. The molecule has 0 saturated carbocycles. The van der Waals surface area contributed by atoms with Crippen LogP contribution in [-0.2, 0) is 9.57 Å². The van der Waals surface area contributed by atoms with Crippen molar-refractivity contribution in [2.45, 2.75) is 25.6 Å². The fourth-order valence-corrected chi connectivity index (χ4v) is 1.75. The highest BCUT2D eigenvalue weighted by Gasteiger charge is 2.16. The topological polar surface area (TPSA) is 56.8 Å². The van der Waals surface area contributed by atoms with Crippen molar-refractivity contribution in [3.63, 3.8) is 0 Å². The lowest BCUT2D eigenvalue weighted by Crippen LogP contribution is -2.33. The maximum atomic E-state index is 11.8. The van der Waals surface area contributed by atoms with Gasteiger partial charge in [0.15, 0.2) is 6.29 Å². The zero-order valence-corrected chi connectivity index (χ0v) is 10.3. The number of nitrogens with one attached hydrogen (secondary N) is 1. The molecule has 18 heavy (non-hydrogen) atoms. The molecule has 5 nitrogen and oxygen atoms in total. The summed E-state index contributed by atoms with van der Waals surface area (Å²) < 4.78 is 10.4. The predicted molar refractivity (Wildman–Crippen MR) is 65.1 cm³/mol. The molecule has 98 valence electrons. The molecule has 1 aromatic carbocycles. The van der Waals surface area contributed by atoms with E-state index in [4.69, 9.17) is 14.3 Å². The largest absolute Gasteiger partial charge is 0.497 e. The number of rotatable bonds is 4. The number of benzene rings is 1. The molecule has 0 aromatic heterocycles. The minimum Gasteiger partial charge on any atom is -0.497 e. The molecule has 1 fully saturated rings. The first kappa shape index (κ1) is 12.9. The van der Waals surface area contributed by atoms with E-state index in [1.54, 1.807) is 31.4 Å². The lowest BCUT2D eigenvalue weighted by Gasteiger charge is -2.22. The second kappa shape index (κ2) is 6.37. The van der Waals surface area contributed by atoms with Gasteiger partial charge >= 0.3 is 0 Å². The first-order valence-electron chi connectivity index (χ1n) is 6.01. The summed E-state index contributed by atoms with van der Waals surface area (Å²) in [5.74, 6) is 0.333. The van der Waals surface area contributed by atoms with E-state index in [1.807, 2.05) is 0 Å². The van der Waals surface area contributed by atoms with Crippen LogP contribution >= 0.6 is 0 Å². The first-order chi connectivity index (χ1) is 8.79. The Morgan fingerprint density at radius 1 is 1.44 bits per heavy atom. The minimum absolute atomic E-state index is 0.303. The van der Waals surface area contributed by atoms with Crippen LogP contribution in [-0.4, -0.2) is 25.9 Å². The Morgan fingerprint density at radius 2 is 2.33 bits per heavy atom. The number of methoxy groups -OCH3 is 1. The molecule has 1 N–H and O–H groups in total. The van der Waals surface area contributed by atoms with Gasteiger partial charge in [-0.25, -0.2) is 10.3 Å². The smallest absolute Gasteiger partial charge is 0.275 e. The molecule has 1 amide bonds. The fraction of sp³-hybridized carbons (Fsp3) is 0.462. The van der Waals surface area contributed by atoms with Crippen molar-refractivity contribution in [2.75, 3.05) is 13.7 Å². The van der Waals surface area contributed by atoms with E-state index >= 15 is 0 Å². The summed E-state index contributed by atoms with van der Waals surface area (Å²) in [6.45, 7) is 0.680. The molecule has 0 radical (unpaired) electrons. The molecule has 1 heterocycles. The Bertz CT molecular complexity index is 402. The van der Waals surface area contributed by atoms with Crippen molar-refractivity contribution in [3.05, 3.63) is 29.8 Å². The lowest BCUT2D eigenvalue weighted by molar-refractivity contribution is -0.186.